The summed E-state index contributed by atoms with van der Waals surface area (Å²) in [6.07, 6.45) is 6.02. The Morgan fingerprint density at radius 2 is 1.96 bits per heavy atom. The van der Waals surface area contributed by atoms with E-state index in [0.717, 1.165) is 40.4 Å². The van der Waals surface area contributed by atoms with Crippen LogP contribution >= 0.6 is 0 Å². The van der Waals surface area contributed by atoms with Gasteiger partial charge in [0.2, 0.25) is 0 Å². The molecule has 0 saturated heterocycles. The third-order valence-electron chi connectivity index (χ3n) is 5.16. The van der Waals surface area contributed by atoms with Crippen LogP contribution in [0.1, 0.15) is 24.6 Å². The van der Waals surface area contributed by atoms with Crippen LogP contribution in [0.3, 0.4) is 0 Å². The topological polar surface area (TPSA) is 43.0 Å². The van der Waals surface area contributed by atoms with Gasteiger partial charge in [0.25, 0.3) is 0 Å². The van der Waals surface area contributed by atoms with E-state index in [1.165, 1.54) is 6.07 Å². The highest BCUT2D eigenvalue weighted by molar-refractivity contribution is 5.91. The van der Waals surface area contributed by atoms with Crippen molar-refractivity contribution in [1.82, 2.24) is 14.3 Å². The van der Waals surface area contributed by atoms with E-state index in [9.17, 15) is 9.50 Å². The molecule has 130 valence electrons. The lowest BCUT2D eigenvalue weighted by Crippen LogP contribution is -2.01. The van der Waals surface area contributed by atoms with Gasteiger partial charge in [0.15, 0.2) is 5.88 Å². The summed E-state index contributed by atoms with van der Waals surface area (Å²) in [5.41, 5.74) is 3.27. The highest BCUT2D eigenvalue weighted by atomic mass is 19.1. The summed E-state index contributed by atoms with van der Waals surface area (Å²) in [7, 11) is 0. The molecule has 1 fully saturated rings. The molecule has 4 nitrogen and oxygen atoms in total. The molecule has 2 aromatic heterocycles. The minimum atomic E-state index is -0.299. The van der Waals surface area contributed by atoms with E-state index in [0.29, 0.717) is 17.6 Å². The maximum Gasteiger partial charge on any atom is 0.199 e. The average Bonchev–Trinajstić information content (AvgIpc) is 3.34. The summed E-state index contributed by atoms with van der Waals surface area (Å²) in [6.45, 7) is 1.94. The Hall–Kier alpha value is -3.08. The zero-order valence-corrected chi connectivity index (χ0v) is 14.4. The van der Waals surface area contributed by atoms with Gasteiger partial charge in [-0.15, -0.1) is 0 Å². The van der Waals surface area contributed by atoms with Crippen LogP contribution in [0.25, 0.3) is 27.6 Å². The van der Waals surface area contributed by atoms with E-state index in [1.807, 2.05) is 29.8 Å². The summed E-state index contributed by atoms with van der Waals surface area (Å²) >= 11 is 0. The van der Waals surface area contributed by atoms with Crippen LogP contribution < -0.4 is 0 Å². The molecule has 5 heteroatoms. The number of hydrogen-bond donors (Lipinski definition) is 1. The Morgan fingerprint density at radius 3 is 2.73 bits per heavy atom. The van der Waals surface area contributed by atoms with Gasteiger partial charge in [0, 0.05) is 34.3 Å². The molecule has 1 saturated carbocycles. The molecule has 26 heavy (non-hydrogen) atoms. The van der Waals surface area contributed by atoms with Crippen molar-refractivity contribution >= 4 is 10.8 Å². The Morgan fingerprint density at radius 1 is 1.15 bits per heavy atom. The van der Waals surface area contributed by atoms with Gasteiger partial charge < -0.3 is 9.67 Å². The van der Waals surface area contributed by atoms with Crippen LogP contribution in [-0.4, -0.2) is 19.5 Å². The molecule has 4 aromatic rings. The smallest absolute Gasteiger partial charge is 0.199 e. The molecule has 0 atom stereocenters. The van der Waals surface area contributed by atoms with Gasteiger partial charge in [-0.25, -0.2) is 9.07 Å². The highest BCUT2D eigenvalue weighted by Gasteiger charge is 2.26. The molecule has 0 amide bonds. The fourth-order valence-corrected chi connectivity index (χ4v) is 3.58. The zero-order valence-electron chi connectivity index (χ0n) is 14.4. The second kappa shape index (κ2) is 5.46. The monoisotopic (exact) mass is 347 g/mol. The first-order chi connectivity index (χ1) is 12.6. The van der Waals surface area contributed by atoms with Crippen molar-refractivity contribution in [2.75, 3.05) is 0 Å². The van der Waals surface area contributed by atoms with Gasteiger partial charge in [0.05, 0.1) is 6.20 Å². The van der Waals surface area contributed by atoms with Crippen molar-refractivity contribution in [3.63, 3.8) is 0 Å². The molecule has 5 rings (SSSR count). The van der Waals surface area contributed by atoms with Crippen molar-refractivity contribution in [3.05, 3.63) is 66.4 Å². The van der Waals surface area contributed by atoms with Gasteiger partial charge in [0.1, 0.15) is 11.5 Å². The van der Waals surface area contributed by atoms with E-state index in [4.69, 9.17) is 0 Å². The predicted octanol–water partition coefficient (Wildman–Crippen LogP) is 4.98. The number of benzene rings is 2. The third kappa shape index (κ3) is 2.24. The van der Waals surface area contributed by atoms with Crippen LogP contribution in [0.5, 0.6) is 5.88 Å². The standard InChI is InChI=1S/C21H18FN3O/c1-13-18(11-23-25(13)20-5-3-2-4-19(20)22)14-6-9-17-15(10-14)12-24(21(17)26)16-7-8-16/h2-6,9-12,16,26H,7-8H2,1H3. The number of aromatic hydroxyl groups is 1. The molecule has 0 bridgehead atoms. The van der Waals surface area contributed by atoms with Crippen LogP contribution in [0.15, 0.2) is 54.9 Å². The quantitative estimate of drug-likeness (QED) is 0.568. The Bertz CT molecular complexity index is 1140. The van der Waals surface area contributed by atoms with E-state index in [2.05, 4.69) is 11.2 Å². The first-order valence-corrected chi connectivity index (χ1v) is 8.77. The van der Waals surface area contributed by atoms with Crippen LogP contribution in [0.4, 0.5) is 4.39 Å². The molecule has 1 aliphatic carbocycles. The van der Waals surface area contributed by atoms with E-state index < -0.39 is 0 Å². The van der Waals surface area contributed by atoms with E-state index in [-0.39, 0.29) is 5.82 Å². The second-order valence-electron chi connectivity index (χ2n) is 6.90. The maximum absolute atomic E-state index is 14.1. The van der Waals surface area contributed by atoms with Crippen molar-refractivity contribution in [2.24, 2.45) is 0 Å². The molecular weight excluding hydrogens is 329 g/mol. The lowest BCUT2D eigenvalue weighted by Gasteiger charge is -2.07. The van der Waals surface area contributed by atoms with Crippen molar-refractivity contribution < 1.29 is 9.50 Å². The largest absolute Gasteiger partial charge is 0.494 e. The third-order valence-corrected chi connectivity index (χ3v) is 5.16. The summed E-state index contributed by atoms with van der Waals surface area (Å²) in [4.78, 5) is 0. The molecule has 1 N–H and O–H groups in total. The molecule has 0 unspecified atom stereocenters. The molecule has 2 heterocycles. The number of nitrogens with zero attached hydrogens (tertiary/aromatic N) is 3. The Balaban J connectivity index is 1.61. The van der Waals surface area contributed by atoms with E-state index in [1.54, 1.807) is 29.1 Å². The number of rotatable bonds is 3. The molecule has 0 aliphatic heterocycles. The van der Waals surface area contributed by atoms with Gasteiger partial charge in [-0.3, -0.25) is 0 Å². The number of aromatic nitrogens is 3. The van der Waals surface area contributed by atoms with Gasteiger partial charge in [-0.1, -0.05) is 18.2 Å². The van der Waals surface area contributed by atoms with Crippen LogP contribution in [-0.2, 0) is 0 Å². The number of halogens is 1. The maximum atomic E-state index is 14.1. The first-order valence-electron chi connectivity index (χ1n) is 8.77. The minimum absolute atomic E-state index is 0.299. The van der Waals surface area contributed by atoms with Gasteiger partial charge in [-0.2, -0.15) is 5.10 Å². The summed E-state index contributed by atoms with van der Waals surface area (Å²) in [5.74, 6) is 0.0416. The van der Waals surface area contributed by atoms with Gasteiger partial charge in [-0.05, 0) is 49.6 Å². The summed E-state index contributed by atoms with van der Waals surface area (Å²) < 4.78 is 17.7. The normalized spacial score (nSPS) is 14.2. The lowest BCUT2D eigenvalue weighted by molar-refractivity contribution is 0.424. The predicted molar refractivity (Wildman–Crippen MR) is 99.1 cm³/mol. The Kier molecular flexibility index (Phi) is 3.19. The SMILES string of the molecule is Cc1c(-c2ccc3c(O)n(C4CC4)cc3c2)cnn1-c1ccccc1F. The number of para-hydroxylation sites is 1. The lowest BCUT2D eigenvalue weighted by atomic mass is 10.0. The summed E-state index contributed by atoms with van der Waals surface area (Å²) in [6, 6.07) is 13.0. The Labute approximate surface area is 150 Å². The minimum Gasteiger partial charge on any atom is -0.494 e. The molecule has 2 aromatic carbocycles. The zero-order chi connectivity index (χ0) is 17.8. The average molecular weight is 347 g/mol. The first kappa shape index (κ1) is 15.2. The fourth-order valence-electron chi connectivity index (χ4n) is 3.58. The molecule has 0 radical (unpaired) electrons. The van der Waals surface area contributed by atoms with Crippen molar-refractivity contribution in [2.45, 2.75) is 25.8 Å². The van der Waals surface area contributed by atoms with Crippen LogP contribution in [0.2, 0.25) is 0 Å². The van der Waals surface area contributed by atoms with Gasteiger partial charge >= 0.3 is 0 Å². The number of hydrogen-bond acceptors (Lipinski definition) is 2. The fraction of sp³-hybridized carbons (Fsp3) is 0.190. The molecule has 1 aliphatic rings. The highest BCUT2D eigenvalue weighted by Crippen LogP contribution is 2.42. The van der Waals surface area contributed by atoms with Crippen molar-refractivity contribution in [3.8, 4) is 22.7 Å². The molecule has 0 spiro atoms. The molecular formula is C21H18FN3O. The van der Waals surface area contributed by atoms with E-state index >= 15 is 0 Å². The van der Waals surface area contributed by atoms with Crippen LogP contribution in [0, 0.1) is 12.7 Å². The second-order valence-corrected chi connectivity index (χ2v) is 6.90. The summed E-state index contributed by atoms with van der Waals surface area (Å²) in [5, 5.41) is 16.7. The van der Waals surface area contributed by atoms with Crippen molar-refractivity contribution in [1.29, 1.82) is 0 Å². The number of fused-ring (bicyclic) bond motifs is 1.